The molecule has 5 heteroatoms. The Morgan fingerprint density at radius 2 is 2.33 bits per heavy atom. The van der Waals surface area contributed by atoms with Crippen LogP contribution in [0.5, 0.6) is 0 Å². The van der Waals surface area contributed by atoms with Gasteiger partial charge in [0.2, 0.25) is 0 Å². The highest BCUT2D eigenvalue weighted by Crippen LogP contribution is 1.98. The highest BCUT2D eigenvalue weighted by molar-refractivity contribution is 4.93. The van der Waals surface area contributed by atoms with Gasteiger partial charge in [-0.1, -0.05) is 0 Å². The van der Waals surface area contributed by atoms with E-state index >= 15 is 0 Å². The zero-order valence-corrected chi connectivity index (χ0v) is 9.13. The van der Waals surface area contributed by atoms with Crippen LogP contribution in [0, 0.1) is 0 Å². The van der Waals surface area contributed by atoms with Crippen molar-refractivity contribution in [2.75, 3.05) is 27.3 Å². The Morgan fingerprint density at radius 1 is 1.53 bits per heavy atom. The first-order valence-electron chi connectivity index (χ1n) is 4.83. The fraction of sp³-hybridized carbons (Fsp3) is 0.600. The molecule has 1 aromatic heterocycles. The molecule has 1 unspecified atom stereocenters. The molecule has 0 fully saturated rings. The topological polar surface area (TPSA) is 58.5 Å². The molecule has 1 atom stereocenters. The van der Waals surface area contributed by atoms with Crippen LogP contribution in [0.4, 0.5) is 0 Å². The van der Waals surface area contributed by atoms with Crippen LogP contribution in [0.25, 0.3) is 0 Å². The third-order valence-corrected chi connectivity index (χ3v) is 1.93. The Labute approximate surface area is 89.7 Å². The van der Waals surface area contributed by atoms with Crippen molar-refractivity contribution in [1.82, 2.24) is 14.9 Å². The third kappa shape index (κ3) is 4.83. The molecule has 1 aromatic rings. The predicted molar refractivity (Wildman–Crippen MR) is 56.2 cm³/mol. The monoisotopic (exact) mass is 211 g/mol. The van der Waals surface area contributed by atoms with Crippen LogP contribution in [-0.2, 0) is 11.3 Å². The van der Waals surface area contributed by atoms with Crippen molar-refractivity contribution in [3.63, 3.8) is 0 Å². The first-order chi connectivity index (χ1) is 7.22. The van der Waals surface area contributed by atoms with Crippen molar-refractivity contribution in [3.8, 4) is 0 Å². The van der Waals surface area contributed by atoms with Gasteiger partial charge in [-0.2, -0.15) is 0 Å². The molecule has 5 nitrogen and oxygen atoms in total. The number of hydrogen-bond acceptors (Lipinski definition) is 5. The molecule has 15 heavy (non-hydrogen) atoms. The van der Waals surface area contributed by atoms with Crippen molar-refractivity contribution in [1.29, 1.82) is 0 Å². The van der Waals surface area contributed by atoms with Crippen LogP contribution in [-0.4, -0.2) is 53.4 Å². The van der Waals surface area contributed by atoms with E-state index in [0.29, 0.717) is 19.7 Å². The summed E-state index contributed by atoms with van der Waals surface area (Å²) in [6.07, 6.45) is 4.56. The normalized spacial score (nSPS) is 13.1. The lowest BCUT2D eigenvalue weighted by molar-refractivity contribution is 0.0416. The Kier molecular flexibility index (Phi) is 5.17. The number of hydrogen-bond donors (Lipinski definition) is 1. The summed E-state index contributed by atoms with van der Waals surface area (Å²) in [5.74, 6) is 0. The lowest BCUT2D eigenvalue weighted by Gasteiger charge is -2.19. The predicted octanol–water partition coefficient (Wildman–Crippen LogP) is -0.0843. The highest BCUT2D eigenvalue weighted by Gasteiger charge is 2.08. The summed E-state index contributed by atoms with van der Waals surface area (Å²) in [4.78, 5) is 10.1. The number of aliphatic hydroxyl groups is 1. The molecule has 1 N–H and O–H groups in total. The fourth-order valence-electron chi connectivity index (χ4n) is 1.36. The van der Waals surface area contributed by atoms with E-state index in [4.69, 9.17) is 4.74 Å². The van der Waals surface area contributed by atoms with E-state index in [1.165, 1.54) is 0 Å². The van der Waals surface area contributed by atoms with Crippen LogP contribution < -0.4 is 0 Å². The molecule has 0 saturated carbocycles. The van der Waals surface area contributed by atoms with Crippen molar-refractivity contribution in [2.24, 2.45) is 0 Å². The summed E-state index contributed by atoms with van der Waals surface area (Å²) in [6, 6.07) is 0. The van der Waals surface area contributed by atoms with E-state index in [-0.39, 0.29) is 0 Å². The number of aromatic nitrogens is 2. The van der Waals surface area contributed by atoms with Gasteiger partial charge in [0.1, 0.15) is 0 Å². The van der Waals surface area contributed by atoms with Gasteiger partial charge in [-0.15, -0.1) is 0 Å². The van der Waals surface area contributed by atoms with Crippen molar-refractivity contribution in [3.05, 3.63) is 24.3 Å². The van der Waals surface area contributed by atoms with Gasteiger partial charge >= 0.3 is 0 Å². The molecule has 0 aromatic carbocycles. The van der Waals surface area contributed by atoms with Gasteiger partial charge in [0.05, 0.1) is 18.4 Å². The van der Waals surface area contributed by atoms with Crippen molar-refractivity contribution < 1.29 is 9.84 Å². The third-order valence-electron chi connectivity index (χ3n) is 1.93. The van der Waals surface area contributed by atoms with Crippen LogP contribution >= 0.6 is 0 Å². The maximum absolute atomic E-state index is 9.49. The zero-order valence-electron chi connectivity index (χ0n) is 9.13. The zero-order chi connectivity index (χ0) is 11.1. The largest absolute Gasteiger partial charge is 0.389 e. The quantitative estimate of drug-likeness (QED) is 0.713. The van der Waals surface area contributed by atoms with Crippen LogP contribution in [0.2, 0.25) is 0 Å². The molecule has 0 aliphatic rings. The molecule has 0 amide bonds. The molecule has 84 valence electrons. The number of rotatable bonds is 6. The average Bonchev–Trinajstić information content (AvgIpc) is 2.19. The van der Waals surface area contributed by atoms with Crippen molar-refractivity contribution >= 4 is 0 Å². The fourth-order valence-corrected chi connectivity index (χ4v) is 1.36. The first-order valence-corrected chi connectivity index (χ1v) is 4.83. The van der Waals surface area contributed by atoms with Gasteiger partial charge in [0, 0.05) is 38.8 Å². The van der Waals surface area contributed by atoms with E-state index in [9.17, 15) is 5.11 Å². The van der Waals surface area contributed by atoms with Crippen LogP contribution in [0.1, 0.15) is 5.69 Å². The molecule has 0 saturated heterocycles. The second-order valence-corrected chi connectivity index (χ2v) is 3.50. The molecule has 1 rings (SSSR count). The summed E-state index contributed by atoms with van der Waals surface area (Å²) in [6.45, 7) is 1.59. The number of likely N-dealkylation sites (N-methyl/N-ethyl adjacent to an activating group) is 1. The minimum atomic E-state index is -0.461. The van der Waals surface area contributed by atoms with Gasteiger partial charge in [-0.3, -0.25) is 14.9 Å². The molecule has 0 aliphatic carbocycles. The summed E-state index contributed by atoms with van der Waals surface area (Å²) < 4.78 is 4.85. The van der Waals surface area contributed by atoms with Gasteiger partial charge < -0.3 is 9.84 Å². The Balaban J connectivity index is 2.33. The minimum Gasteiger partial charge on any atom is -0.389 e. The number of aliphatic hydroxyl groups excluding tert-OH is 1. The number of methoxy groups -OCH3 is 1. The molecule has 0 radical (unpaired) electrons. The van der Waals surface area contributed by atoms with Crippen LogP contribution in [0.3, 0.4) is 0 Å². The molecule has 0 spiro atoms. The molecular formula is C10H17N3O2. The standard InChI is InChI=1S/C10H17N3O2/c1-13(7-10(14)8-15-2)6-9-5-11-3-4-12-9/h3-5,10,14H,6-8H2,1-2H3. The van der Waals surface area contributed by atoms with E-state index in [0.717, 1.165) is 5.69 Å². The second kappa shape index (κ2) is 6.44. The lowest BCUT2D eigenvalue weighted by Crippen LogP contribution is -2.31. The smallest absolute Gasteiger partial charge is 0.0900 e. The summed E-state index contributed by atoms with van der Waals surface area (Å²) in [5, 5.41) is 9.49. The average molecular weight is 211 g/mol. The summed E-state index contributed by atoms with van der Waals surface area (Å²) >= 11 is 0. The molecule has 1 heterocycles. The molecule has 0 bridgehead atoms. The SMILES string of the molecule is COCC(O)CN(C)Cc1cnccn1. The van der Waals surface area contributed by atoms with E-state index in [1.54, 1.807) is 25.7 Å². The van der Waals surface area contributed by atoms with Gasteiger partial charge in [0.15, 0.2) is 0 Å². The molecule has 0 aliphatic heterocycles. The summed E-state index contributed by atoms with van der Waals surface area (Å²) in [7, 11) is 3.50. The van der Waals surface area contributed by atoms with E-state index in [2.05, 4.69) is 9.97 Å². The van der Waals surface area contributed by atoms with E-state index < -0.39 is 6.10 Å². The van der Waals surface area contributed by atoms with E-state index in [1.807, 2.05) is 11.9 Å². The van der Waals surface area contributed by atoms with Gasteiger partial charge in [-0.25, -0.2) is 0 Å². The van der Waals surface area contributed by atoms with Gasteiger partial charge in [-0.05, 0) is 7.05 Å². The second-order valence-electron chi connectivity index (χ2n) is 3.50. The van der Waals surface area contributed by atoms with Crippen molar-refractivity contribution in [2.45, 2.75) is 12.6 Å². The maximum Gasteiger partial charge on any atom is 0.0900 e. The number of ether oxygens (including phenoxy) is 1. The summed E-state index contributed by atoms with van der Waals surface area (Å²) in [5.41, 5.74) is 0.893. The highest BCUT2D eigenvalue weighted by atomic mass is 16.5. The Hall–Kier alpha value is -1.04. The Morgan fingerprint density at radius 3 is 2.93 bits per heavy atom. The lowest BCUT2D eigenvalue weighted by atomic mass is 10.3. The number of nitrogens with zero attached hydrogens (tertiary/aromatic N) is 3. The first kappa shape index (κ1) is 12.0. The van der Waals surface area contributed by atoms with Gasteiger partial charge in [0.25, 0.3) is 0 Å². The molecular weight excluding hydrogens is 194 g/mol. The Bertz CT molecular complexity index is 269. The maximum atomic E-state index is 9.49. The minimum absolute atomic E-state index is 0.352. The van der Waals surface area contributed by atoms with Crippen LogP contribution in [0.15, 0.2) is 18.6 Å².